The van der Waals surface area contributed by atoms with E-state index < -0.39 is 16.6 Å². The van der Waals surface area contributed by atoms with Gasteiger partial charge < -0.3 is 0 Å². The van der Waals surface area contributed by atoms with Crippen molar-refractivity contribution in [1.82, 2.24) is 0 Å². The molecule has 0 aliphatic carbocycles. The molecule has 1 heterocycles. The van der Waals surface area contributed by atoms with Crippen LogP contribution in [0, 0.1) is 15.9 Å². The summed E-state index contributed by atoms with van der Waals surface area (Å²) in [6.45, 7) is 0. The Hall–Kier alpha value is -3.65. The smallest absolute Gasteiger partial charge is 0.266 e. The second-order valence-electron chi connectivity index (χ2n) is 6.38. The number of para-hydroxylation sites is 1. The predicted octanol–water partition coefficient (Wildman–Crippen LogP) is 5.33. The SMILES string of the molecule is O=C1/C(=C\c2ccccc2[N+](=O)[O-])N=C(c2ccccc2F)N1c1ccc(Br)cc1. The molecule has 0 spiro atoms. The minimum atomic E-state index is -0.530. The molecule has 0 aromatic heterocycles. The standard InChI is InChI=1S/C22H13BrFN3O3/c23-15-9-11-16(12-10-15)26-21(17-6-2-3-7-18(17)24)25-19(22(26)28)13-14-5-1-4-8-20(14)27(29)30/h1-13H/b19-13+. The van der Waals surface area contributed by atoms with Crippen LogP contribution in [0.1, 0.15) is 11.1 Å². The van der Waals surface area contributed by atoms with Gasteiger partial charge >= 0.3 is 0 Å². The Labute approximate surface area is 179 Å². The Balaban J connectivity index is 1.88. The Morgan fingerprint density at radius 2 is 1.67 bits per heavy atom. The highest BCUT2D eigenvalue weighted by molar-refractivity contribution is 9.10. The molecular formula is C22H13BrFN3O3. The van der Waals surface area contributed by atoms with Gasteiger partial charge in [-0.15, -0.1) is 0 Å². The van der Waals surface area contributed by atoms with Crippen LogP contribution in [0.5, 0.6) is 0 Å². The Morgan fingerprint density at radius 3 is 2.37 bits per heavy atom. The molecule has 0 bridgehead atoms. The summed E-state index contributed by atoms with van der Waals surface area (Å²) >= 11 is 3.35. The molecule has 0 saturated heterocycles. The van der Waals surface area contributed by atoms with E-state index in [0.29, 0.717) is 5.69 Å². The third-order valence-electron chi connectivity index (χ3n) is 4.49. The first-order valence-electron chi connectivity index (χ1n) is 8.84. The van der Waals surface area contributed by atoms with Gasteiger partial charge in [-0.05, 0) is 48.5 Å². The molecule has 0 radical (unpaired) electrons. The lowest BCUT2D eigenvalue weighted by Gasteiger charge is -2.19. The monoisotopic (exact) mass is 465 g/mol. The Kier molecular flexibility index (Phi) is 5.24. The molecule has 1 aliphatic heterocycles. The van der Waals surface area contributed by atoms with E-state index in [1.807, 2.05) is 0 Å². The third kappa shape index (κ3) is 3.65. The number of carbonyl (C=O) groups is 1. The first kappa shape index (κ1) is 19.7. The fourth-order valence-corrected chi connectivity index (χ4v) is 3.36. The van der Waals surface area contributed by atoms with E-state index in [2.05, 4.69) is 20.9 Å². The van der Waals surface area contributed by atoms with Crippen molar-refractivity contribution < 1.29 is 14.1 Å². The fourth-order valence-electron chi connectivity index (χ4n) is 3.09. The number of rotatable bonds is 4. The lowest BCUT2D eigenvalue weighted by atomic mass is 10.1. The molecule has 1 amide bonds. The number of nitro benzene ring substituents is 1. The minimum absolute atomic E-state index is 0.0227. The zero-order chi connectivity index (χ0) is 21.3. The summed E-state index contributed by atoms with van der Waals surface area (Å²) in [6, 6.07) is 19.0. The lowest BCUT2D eigenvalue weighted by Crippen LogP contribution is -2.33. The molecule has 0 fully saturated rings. The molecule has 0 saturated carbocycles. The van der Waals surface area contributed by atoms with Gasteiger partial charge in [0.05, 0.1) is 21.7 Å². The number of carbonyl (C=O) groups excluding carboxylic acids is 1. The maximum Gasteiger partial charge on any atom is 0.282 e. The van der Waals surface area contributed by atoms with Gasteiger partial charge in [0.1, 0.15) is 11.5 Å². The molecule has 0 atom stereocenters. The van der Waals surface area contributed by atoms with Gasteiger partial charge in [0.25, 0.3) is 11.6 Å². The number of amidine groups is 1. The number of halogens is 2. The second-order valence-corrected chi connectivity index (χ2v) is 7.29. The minimum Gasteiger partial charge on any atom is -0.266 e. The number of benzene rings is 3. The van der Waals surface area contributed by atoms with Crippen molar-refractivity contribution in [3.8, 4) is 0 Å². The zero-order valence-corrected chi connectivity index (χ0v) is 16.9. The lowest BCUT2D eigenvalue weighted by molar-refractivity contribution is -0.385. The molecule has 1 aliphatic rings. The average Bonchev–Trinajstić information content (AvgIpc) is 3.05. The summed E-state index contributed by atoms with van der Waals surface area (Å²) in [5.74, 6) is -0.919. The van der Waals surface area contributed by atoms with Crippen LogP contribution in [0.4, 0.5) is 15.8 Å². The number of nitro groups is 1. The van der Waals surface area contributed by atoms with Crippen LogP contribution in [0.15, 0.2) is 88.0 Å². The van der Waals surface area contributed by atoms with Crippen molar-refractivity contribution in [2.24, 2.45) is 4.99 Å². The second kappa shape index (κ2) is 8.00. The highest BCUT2D eigenvalue weighted by Crippen LogP contribution is 2.31. The summed E-state index contributed by atoms with van der Waals surface area (Å²) in [4.78, 5) is 29.7. The number of aliphatic imine (C=N–C) groups is 1. The van der Waals surface area contributed by atoms with Crippen LogP contribution < -0.4 is 4.90 Å². The summed E-state index contributed by atoms with van der Waals surface area (Å²) < 4.78 is 15.3. The Bertz CT molecular complexity index is 1220. The van der Waals surface area contributed by atoms with Crippen LogP contribution in [0.3, 0.4) is 0 Å². The van der Waals surface area contributed by atoms with E-state index in [1.54, 1.807) is 48.5 Å². The molecule has 3 aromatic carbocycles. The number of hydrogen-bond donors (Lipinski definition) is 0. The summed E-state index contributed by atoms with van der Waals surface area (Å²) in [6.07, 6.45) is 1.35. The van der Waals surface area contributed by atoms with Crippen molar-refractivity contribution in [1.29, 1.82) is 0 Å². The molecule has 4 rings (SSSR count). The molecule has 0 N–H and O–H groups in total. The van der Waals surface area contributed by atoms with Crippen LogP contribution in [0.2, 0.25) is 0 Å². The summed E-state index contributed by atoms with van der Waals surface area (Å²) in [7, 11) is 0. The van der Waals surface area contributed by atoms with Crippen LogP contribution in [0.25, 0.3) is 6.08 Å². The van der Waals surface area contributed by atoms with Crippen molar-refractivity contribution in [3.05, 3.63) is 110 Å². The van der Waals surface area contributed by atoms with Gasteiger partial charge in [0, 0.05) is 10.5 Å². The van der Waals surface area contributed by atoms with Crippen LogP contribution >= 0.6 is 15.9 Å². The number of amides is 1. The molecule has 148 valence electrons. The van der Waals surface area contributed by atoms with E-state index in [1.165, 1.54) is 35.2 Å². The summed E-state index contributed by atoms with van der Waals surface area (Å²) in [5, 5.41) is 11.3. The zero-order valence-electron chi connectivity index (χ0n) is 15.3. The Morgan fingerprint density at radius 1 is 1.00 bits per heavy atom. The molecule has 8 heteroatoms. The molecular weight excluding hydrogens is 453 g/mol. The molecule has 6 nitrogen and oxygen atoms in total. The van der Waals surface area contributed by atoms with E-state index in [-0.39, 0.29) is 28.3 Å². The number of anilines is 1. The van der Waals surface area contributed by atoms with Gasteiger partial charge in [0.2, 0.25) is 0 Å². The number of nitrogens with zero attached hydrogens (tertiary/aromatic N) is 3. The first-order chi connectivity index (χ1) is 14.5. The first-order valence-corrected chi connectivity index (χ1v) is 9.64. The highest BCUT2D eigenvalue weighted by atomic mass is 79.9. The van der Waals surface area contributed by atoms with Gasteiger partial charge in [-0.25, -0.2) is 9.38 Å². The van der Waals surface area contributed by atoms with E-state index in [0.717, 1.165) is 4.47 Å². The van der Waals surface area contributed by atoms with Gasteiger partial charge in [0.15, 0.2) is 5.84 Å². The van der Waals surface area contributed by atoms with E-state index in [4.69, 9.17) is 0 Å². The quantitative estimate of drug-likeness (QED) is 0.296. The largest absolute Gasteiger partial charge is 0.282 e. The predicted molar refractivity (Wildman–Crippen MR) is 116 cm³/mol. The van der Waals surface area contributed by atoms with E-state index >= 15 is 0 Å². The van der Waals surface area contributed by atoms with E-state index in [9.17, 15) is 19.3 Å². The van der Waals surface area contributed by atoms with Crippen LogP contribution in [-0.2, 0) is 4.79 Å². The van der Waals surface area contributed by atoms with Crippen molar-refractivity contribution >= 4 is 45.1 Å². The highest BCUT2D eigenvalue weighted by Gasteiger charge is 2.34. The number of hydrogen-bond acceptors (Lipinski definition) is 4. The van der Waals surface area contributed by atoms with Gasteiger partial charge in [-0.2, -0.15) is 0 Å². The van der Waals surface area contributed by atoms with Gasteiger partial charge in [-0.3, -0.25) is 19.8 Å². The van der Waals surface area contributed by atoms with Crippen molar-refractivity contribution in [3.63, 3.8) is 0 Å². The molecule has 30 heavy (non-hydrogen) atoms. The van der Waals surface area contributed by atoms with Gasteiger partial charge in [-0.1, -0.05) is 40.2 Å². The normalized spacial score (nSPS) is 14.9. The van der Waals surface area contributed by atoms with Crippen molar-refractivity contribution in [2.75, 3.05) is 4.90 Å². The topological polar surface area (TPSA) is 75.8 Å². The third-order valence-corrected chi connectivity index (χ3v) is 5.01. The maximum atomic E-state index is 14.5. The van der Waals surface area contributed by atoms with Crippen LogP contribution in [-0.4, -0.2) is 16.7 Å². The average molecular weight is 466 g/mol. The molecule has 3 aromatic rings. The maximum absolute atomic E-state index is 14.5. The summed E-state index contributed by atoms with van der Waals surface area (Å²) in [5.41, 5.74) is 0.712. The molecule has 0 unspecified atom stereocenters. The fraction of sp³-hybridized carbons (Fsp3) is 0. The van der Waals surface area contributed by atoms with Crippen molar-refractivity contribution in [2.45, 2.75) is 0 Å².